The van der Waals surface area contributed by atoms with Crippen molar-refractivity contribution >= 4 is 11.6 Å². The van der Waals surface area contributed by atoms with Gasteiger partial charge in [-0.3, -0.25) is 13.9 Å². The van der Waals surface area contributed by atoms with Crippen molar-refractivity contribution in [3.63, 3.8) is 0 Å². The third kappa shape index (κ3) is 5.98. The molecule has 0 bridgehead atoms. The van der Waals surface area contributed by atoms with Crippen molar-refractivity contribution in [1.29, 1.82) is 0 Å². The lowest BCUT2D eigenvalue weighted by Gasteiger charge is -2.25. The molecule has 1 atom stereocenters. The number of halogens is 5. The zero-order valence-corrected chi connectivity index (χ0v) is 23.3. The Bertz CT molecular complexity index is 1490. The number of nitrogens with zero attached hydrogens (tertiary/aromatic N) is 2. The van der Waals surface area contributed by atoms with Crippen LogP contribution in [0.2, 0.25) is 5.02 Å². The van der Waals surface area contributed by atoms with Crippen molar-refractivity contribution in [2.45, 2.75) is 77.3 Å². The highest BCUT2D eigenvalue weighted by Crippen LogP contribution is 2.36. The summed E-state index contributed by atoms with van der Waals surface area (Å²) in [5, 5.41) is 3.63. The molecule has 216 valence electrons. The molecule has 0 spiro atoms. The van der Waals surface area contributed by atoms with Crippen LogP contribution in [-0.2, 0) is 19.3 Å². The fraction of sp³-hybridized carbons (Fsp3) is 0.448. The summed E-state index contributed by atoms with van der Waals surface area (Å²) in [5.41, 5.74) is -2.99. The van der Waals surface area contributed by atoms with E-state index in [0.717, 1.165) is 53.0 Å². The molecule has 0 aliphatic heterocycles. The molecule has 1 aromatic heterocycles. The van der Waals surface area contributed by atoms with Crippen LogP contribution in [0.4, 0.5) is 17.6 Å². The quantitative estimate of drug-likeness (QED) is 0.307. The second-order valence-electron chi connectivity index (χ2n) is 10.1. The van der Waals surface area contributed by atoms with E-state index in [1.807, 2.05) is 6.92 Å². The van der Waals surface area contributed by atoms with Crippen LogP contribution in [-0.4, -0.2) is 28.3 Å². The highest BCUT2D eigenvalue weighted by Gasteiger charge is 2.35. The number of nitrogens with one attached hydrogen (secondary N) is 1. The van der Waals surface area contributed by atoms with Crippen molar-refractivity contribution in [1.82, 2.24) is 14.5 Å². The van der Waals surface area contributed by atoms with Gasteiger partial charge in [0.1, 0.15) is 11.6 Å². The van der Waals surface area contributed by atoms with E-state index in [2.05, 4.69) is 5.32 Å². The summed E-state index contributed by atoms with van der Waals surface area (Å²) in [6.07, 6.45) is -0.0800. The second kappa shape index (κ2) is 12.2. The molecule has 1 heterocycles. The SMILES string of the molecule is CC[C@H](Cn1c(=O)c(-c2cccc(OC)c2Cl)c(C)n(Cc2c(F)cccc2C(F)(F)F)c1=O)NC1CCCC1. The van der Waals surface area contributed by atoms with Gasteiger partial charge in [0.05, 0.1) is 29.8 Å². The second-order valence-corrected chi connectivity index (χ2v) is 10.5. The van der Waals surface area contributed by atoms with Gasteiger partial charge in [-0.05, 0) is 44.4 Å². The number of ether oxygens (including phenoxy) is 1. The Morgan fingerprint density at radius 1 is 1.10 bits per heavy atom. The van der Waals surface area contributed by atoms with Gasteiger partial charge in [-0.1, -0.05) is 49.6 Å². The van der Waals surface area contributed by atoms with Crippen LogP contribution < -0.4 is 21.3 Å². The number of alkyl halides is 3. The molecular formula is C29H32ClF4N3O3. The van der Waals surface area contributed by atoms with Gasteiger partial charge < -0.3 is 10.1 Å². The van der Waals surface area contributed by atoms with E-state index in [9.17, 15) is 27.2 Å². The monoisotopic (exact) mass is 581 g/mol. The van der Waals surface area contributed by atoms with Crippen LogP contribution in [0.15, 0.2) is 46.0 Å². The van der Waals surface area contributed by atoms with Crippen LogP contribution in [0.3, 0.4) is 0 Å². The fourth-order valence-corrected chi connectivity index (χ4v) is 5.71. The number of rotatable bonds is 9. The fourth-order valence-electron chi connectivity index (χ4n) is 5.41. The molecule has 2 aromatic carbocycles. The summed E-state index contributed by atoms with van der Waals surface area (Å²) >= 11 is 6.57. The molecule has 1 saturated carbocycles. The Morgan fingerprint density at radius 3 is 2.40 bits per heavy atom. The lowest BCUT2D eigenvalue weighted by atomic mass is 10.0. The van der Waals surface area contributed by atoms with Crippen LogP contribution in [0, 0.1) is 12.7 Å². The van der Waals surface area contributed by atoms with Gasteiger partial charge in [-0.15, -0.1) is 0 Å². The summed E-state index contributed by atoms with van der Waals surface area (Å²) in [6.45, 7) is 2.64. The van der Waals surface area contributed by atoms with Crippen LogP contribution >= 0.6 is 11.6 Å². The number of methoxy groups -OCH3 is 1. The lowest BCUT2D eigenvalue weighted by Crippen LogP contribution is -2.48. The van der Waals surface area contributed by atoms with Gasteiger partial charge in [0.25, 0.3) is 5.56 Å². The number of hydrogen-bond donors (Lipinski definition) is 1. The van der Waals surface area contributed by atoms with Crippen LogP contribution in [0.5, 0.6) is 5.75 Å². The Labute approximate surface area is 234 Å². The Morgan fingerprint density at radius 2 is 1.77 bits per heavy atom. The zero-order valence-electron chi connectivity index (χ0n) is 22.6. The highest BCUT2D eigenvalue weighted by atomic mass is 35.5. The van der Waals surface area contributed by atoms with Crippen molar-refractivity contribution in [3.05, 3.63) is 84.9 Å². The van der Waals surface area contributed by atoms with Gasteiger partial charge >= 0.3 is 11.9 Å². The molecule has 0 unspecified atom stereocenters. The summed E-state index contributed by atoms with van der Waals surface area (Å²) < 4.78 is 63.6. The van der Waals surface area contributed by atoms with E-state index in [0.29, 0.717) is 6.42 Å². The molecule has 1 N–H and O–H groups in total. The van der Waals surface area contributed by atoms with E-state index < -0.39 is 40.9 Å². The summed E-state index contributed by atoms with van der Waals surface area (Å²) in [7, 11) is 1.41. The van der Waals surface area contributed by atoms with Gasteiger partial charge in [-0.2, -0.15) is 13.2 Å². The molecular weight excluding hydrogens is 550 g/mol. The Balaban J connectivity index is 1.94. The first-order valence-electron chi connectivity index (χ1n) is 13.3. The maximum atomic E-state index is 14.9. The number of hydrogen-bond acceptors (Lipinski definition) is 4. The Hall–Kier alpha value is -3.11. The zero-order chi connectivity index (χ0) is 29.2. The third-order valence-corrected chi connectivity index (χ3v) is 7.99. The Kier molecular flexibility index (Phi) is 9.09. The molecule has 1 fully saturated rings. The standard InChI is InChI=1S/C29H32ClF4N3O3/c1-4-18(35-19-9-5-6-10-19)15-37-27(38)25(20-11-7-14-24(40-3)26(20)30)17(2)36(28(37)39)16-21-22(29(32,33)34)12-8-13-23(21)31/h7-8,11-14,18-19,35H,4-6,9-10,15-16H2,1-3H3/t18-/m1/s1. The minimum atomic E-state index is -4.85. The smallest absolute Gasteiger partial charge is 0.416 e. The largest absolute Gasteiger partial charge is 0.495 e. The van der Waals surface area contributed by atoms with Gasteiger partial charge in [0.2, 0.25) is 0 Å². The summed E-state index contributed by atoms with van der Waals surface area (Å²) in [5.74, 6) is -0.820. The molecule has 0 radical (unpaired) electrons. The molecule has 1 aliphatic rings. The van der Waals surface area contributed by atoms with Crippen molar-refractivity contribution < 1.29 is 22.3 Å². The maximum Gasteiger partial charge on any atom is 0.416 e. The average Bonchev–Trinajstić information content (AvgIpc) is 3.42. The molecule has 1 aliphatic carbocycles. The van der Waals surface area contributed by atoms with Gasteiger partial charge in [0, 0.05) is 35.4 Å². The van der Waals surface area contributed by atoms with Crippen molar-refractivity contribution in [2.75, 3.05) is 7.11 Å². The molecule has 11 heteroatoms. The minimum Gasteiger partial charge on any atom is -0.495 e. The van der Waals surface area contributed by atoms with Crippen LogP contribution in [0.25, 0.3) is 11.1 Å². The minimum absolute atomic E-state index is 0.0110. The van der Waals surface area contributed by atoms with E-state index in [1.165, 1.54) is 14.0 Å². The molecule has 0 amide bonds. The predicted molar refractivity (Wildman–Crippen MR) is 147 cm³/mol. The van der Waals surface area contributed by atoms with Gasteiger partial charge in [-0.25, -0.2) is 9.18 Å². The van der Waals surface area contributed by atoms with Crippen molar-refractivity contribution in [3.8, 4) is 16.9 Å². The molecule has 0 saturated heterocycles. The van der Waals surface area contributed by atoms with E-state index in [4.69, 9.17) is 16.3 Å². The molecule has 3 aromatic rings. The molecule has 6 nitrogen and oxygen atoms in total. The summed E-state index contributed by atoms with van der Waals surface area (Å²) in [6, 6.07) is 7.47. The molecule has 40 heavy (non-hydrogen) atoms. The third-order valence-electron chi connectivity index (χ3n) is 7.60. The first-order valence-corrected chi connectivity index (χ1v) is 13.6. The van der Waals surface area contributed by atoms with Gasteiger partial charge in [0.15, 0.2) is 0 Å². The number of aromatic nitrogens is 2. The first-order chi connectivity index (χ1) is 19.0. The van der Waals surface area contributed by atoms with Crippen molar-refractivity contribution in [2.24, 2.45) is 0 Å². The summed E-state index contributed by atoms with van der Waals surface area (Å²) in [4.78, 5) is 27.7. The average molecular weight is 582 g/mol. The van der Waals surface area contributed by atoms with E-state index >= 15 is 0 Å². The lowest BCUT2D eigenvalue weighted by molar-refractivity contribution is -0.138. The first kappa shape index (κ1) is 29.9. The topological polar surface area (TPSA) is 65.3 Å². The van der Waals surface area contributed by atoms with Crippen LogP contribution in [0.1, 0.15) is 55.8 Å². The van der Waals surface area contributed by atoms with E-state index in [1.54, 1.807) is 18.2 Å². The van der Waals surface area contributed by atoms with E-state index in [-0.39, 0.29) is 46.2 Å². The normalized spacial score (nSPS) is 15.0. The maximum absolute atomic E-state index is 14.9. The number of benzene rings is 2. The molecule has 4 rings (SSSR count). The highest BCUT2D eigenvalue weighted by molar-refractivity contribution is 6.34. The predicted octanol–water partition coefficient (Wildman–Crippen LogP) is 6.16.